The number of pyridine rings is 1. The first-order valence-electron chi connectivity index (χ1n) is 8.38. The van der Waals surface area contributed by atoms with Crippen molar-refractivity contribution in [1.29, 1.82) is 5.26 Å². The Bertz CT molecular complexity index is 1370. The average Bonchev–Trinajstić information content (AvgIpc) is 3.04. The highest BCUT2D eigenvalue weighted by atomic mass is 35.5. The van der Waals surface area contributed by atoms with Crippen molar-refractivity contribution in [2.45, 2.75) is 13.8 Å². The van der Waals surface area contributed by atoms with Crippen molar-refractivity contribution >= 4 is 40.2 Å². The molecule has 0 fully saturated rings. The Kier molecular flexibility index (Phi) is 4.06. The van der Waals surface area contributed by atoms with Gasteiger partial charge in [0.15, 0.2) is 5.65 Å². The maximum atomic E-state index is 13.2. The number of benzene rings is 2. The maximum Gasteiger partial charge on any atom is 0.265 e. The van der Waals surface area contributed by atoms with Crippen LogP contribution in [-0.2, 0) is 0 Å². The zero-order chi connectivity index (χ0) is 19.1. The monoisotopic (exact) mass is 374 g/mol. The third-order valence-corrected chi connectivity index (χ3v) is 5.07. The van der Waals surface area contributed by atoms with E-state index in [0.29, 0.717) is 38.0 Å². The molecule has 0 amide bonds. The van der Waals surface area contributed by atoms with Gasteiger partial charge < -0.3 is 5.32 Å². The topological polar surface area (TPSA) is 70.2 Å². The zero-order valence-corrected chi connectivity index (χ0v) is 15.5. The Balaban J connectivity index is 2.00. The second-order valence-electron chi connectivity index (χ2n) is 6.34. The van der Waals surface area contributed by atoms with Gasteiger partial charge in [-0.2, -0.15) is 5.26 Å². The Labute approximate surface area is 160 Å². The third-order valence-electron chi connectivity index (χ3n) is 4.66. The molecule has 0 aliphatic rings. The lowest BCUT2D eigenvalue weighted by molar-refractivity contribution is 1.10. The molecule has 0 aliphatic heterocycles. The summed E-state index contributed by atoms with van der Waals surface area (Å²) < 4.78 is 1.50. The van der Waals surface area contributed by atoms with Crippen molar-refractivity contribution in [1.82, 2.24) is 9.38 Å². The fourth-order valence-corrected chi connectivity index (χ4v) is 3.31. The van der Waals surface area contributed by atoms with E-state index < -0.39 is 0 Å². The number of nitriles is 1. The fraction of sp³-hybridized carbons (Fsp3) is 0.0952. The van der Waals surface area contributed by atoms with Crippen LogP contribution < -0.4 is 16.1 Å². The highest BCUT2D eigenvalue weighted by molar-refractivity contribution is 6.31. The number of hydrogen-bond acceptors (Lipinski definition) is 4. The Morgan fingerprint density at radius 1 is 1.22 bits per heavy atom. The van der Waals surface area contributed by atoms with Gasteiger partial charge in [0.05, 0.1) is 21.8 Å². The molecule has 27 heavy (non-hydrogen) atoms. The van der Waals surface area contributed by atoms with Crippen LogP contribution in [0.15, 0.2) is 47.3 Å². The van der Waals surface area contributed by atoms with Crippen LogP contribution in [-0.4, -0.2) is 9.38 Å². The smallest absolute Gasteiger partial charge is 0.265 e. The molecule has 0 saturated heterocycles. The molecule has 0 spiro atoms. The average molecular weight is 375 g/mol. The summed E-state index contributed by atoms with van der Waals surface area (Å²) in [6, 6.07) is 15.1. The van der Waals surface area contributed by atoms with Crippen molar-refractivity contribution in [2.75, 3.05) is 5.32 Å². The van der Waals surface area contributed by atoms with Crippen LogP contribution in [0.1, 0.15) is 16.7 Å². The molecule has 0 bridgehead atoms. The first-order chi connectivity index (χ1) is 13.0. The van der Waals surface area contributed by atoms with Crippen LogP contribution in [0, 0.1) is 25.2 Å². The normalized spacial score (nSPS) is 11.9. The Morgan fingerprint density at radius 2 is 2.00 bits per heavy atom. The number of hydrogen-bond donors (Lipinski definition) is 1. The number of rotatable bonds is 2. The molecule has 0 radical (unpaired) electrons. The summed E-state index contributed by atoms with van der Waals surface area (Å²) >= 11 is 6.16. The van der Waals surface area contributed by atoms with E-state index in [1.165, 1.54) is 4.40 Å². The van der Waals surface area contributed by atoms with Gasteiger partial charge in [0.25, 0.3) is 5.56 Å². The SMILES string of the molecule is Cc1ccc(NC=c2c(C)c(C#N)c3nc4ccccc4n3c2=O)cc1Cl. The van der Waals surface area contributed by atoms with Gasteiger partial charge >= 0.3 is 0 Å². The van der Waals surface area contributed by atoms with E-state index >= 15 is 0 Å². The van der Waals surface area contributed by atoms with Crippen LogP contribution in [0.3, 0.4) is 0 Å². The first-order valence-corrected chi connectivity index (χ1v) is 8.76. The minimum atomic E-state index is -0.221. The van der Waals surface area contributed by atoms with E-state index in [1.807, 2.05) is 43.3 Å². The van der Waals surface area contributed by atoms with Gasteiger partial charge in [-0.1, -0.05) is 29.8 Å². The van der Waals surface area contributed by atoms with Crippen LogP contribution in [0.2, 0.25) is 5.02 Å². The summed E-state index contributed by atoms with van der Waals surface area (Å²) in [6.45, 7) is 3.68. The standard InChI is InChI=1S/C21H15ClN4O/c1-12-7-8-14(9-17(12)22)24-11-16-13(2)15(10-23)20-25-18-5-3-4-6-19(18)26(20)21(16)27/h3-9,11,24H,1-2H3. The lowest BCUT2D eigenvalue weighted by Crippen LogP contribution is -2.34. The molecule has 2 aromatic heterocycles. The number of halogens is 1. The van der Waals surface area contributed by atoms with Gasteiger partial charge in [-0.15, -0.1) is 0 Å². The molecule has 0 unspecified atom stereocenters. The van der Waals surface area contributed by atoms with E-state index in [1.54, 1.807) is 19.2 Å². The summed E-state index contributed by atoms with van der Waals surface area (Å²) in [5, 5.41) is 13.8. The summed E-state index contributed by atoms with van der Waals surface area (Å²) in [7, 11) is 0. The molecule has 0 aliphatic carbocycles. The summed E-state index contributed by atoms with van der Waals surface area (Å²) in [5.74, 6) is 0. The predicted molar refractivity (Wildman–Crippen MR) is 108 cm³/mol. The predicted octanol–water partition coefficient (Wildman–Crippen LogP) is 3.56. The number of aromatic nitrogens is 2. The number of nitrogens with one attached hydrogen (secondary N) is 1. The Morgan fingerprint density at radius 3 is 2.74 bits per heavy atom. The molecule has 6 heteroatoms. The van der Waals surface area contributed by atoms with Crippen molar-refractivity contribution in [2.24, 2.45) is 0 Å². The van der Waals surface area contributed by atoms with E-state index in [-0.39, 0.29) is 5.56 Å². The molecule has 2 heterocycles. The molecule has 0 atom stereocenters. The van der Waals surface area contributed by atoms with E-state index in [9.17, 15) is 10.1 Å². The second kappa shape index (κ2) is 6.42. The van der Waals surface area contributed by atoms with Gasteiger partial charge in [-0.25, -0.2) is 4.98 Å². The third kappa shape index (κ3) is 2.71. The minimum Gasteiger partial charge on any atom is -0.361 e. The zero-order valence-electron chi connectivity index (χ0n) is 14.7. The van der Waals surface area contributed by atoms with Crippen LogP contribution in [0.4, 0.5) is 5.69 Å². The molecular formula is C21H15ClN4O. The second-order valence-corrected chi connectivity index (χ2v) is 6.75. The first kappa shape index (κ1) is 17.1. The molecular weight excluding hydrogens is 360 g/mol. The van der Waals surface area contributed by atoms with Crippen molar-refractivity contribution in [3.8, 4) is 6.07 Å². The molecule has 4 rings (SSSR count). The van der Waals surface area contributed by atoms with Gasteiger partial charge in [-0.3, -0.25) is 9.20 Å². The summed E-state index contributed by atoms with van der Waals surface area (Å²) in [6.07, 6.45) is 1.62. The number of aryl methyl sites for hydroxylation is 1. The number of para-hydroxylation sites is 2. The number of anilines is 1. The van der Waals surface area contributed by atoms with Crippen molar-refractivity contribution in [3.63, 3.8) is 0 Å². The minimum absolute atomic E-state index is 0.221. The van der Waals surface area contributed by atoms with Crippen molar-refractivity contribution in [3.05, 3.63) is 79.8 Å². The molecule has 132 valence electrons. The highest BCUT2D eigenvalue weighted by Gasteiger charge is 2.15. The van der Waals surface area contributed by atoms with Gasteiger partial charge in [0.2, 0.25) is 0 Å². The quantitative estimate of drug-likeness (QED) is 0.582. The molecule has 0 saturated carbocycles. The van der Waals surface area contributed by atoms with Gasteiger partial charge in [0.1, 0.15) is 6.07 Å². The van der Waals surface area contributed by atoms with Gasteiger partial charge in [0, 0.05) is 16.9 Å². The van der Waals surface area contributed by atoms with Gasteiger partial charge in [-0.05, 0) is 49.2 Å². The Hall–Kier alpha value is -3.36. The fourth-order valence-electron chi connectivity index (χ4n) is 3.12. The van der Waals surface area contributed by atoms with E-state index in [2.05, 4.69) is 16.4 Å². The number of imidazole rings is 1. The maximum absolute atomic E-state index is 13.2. The van der Waals surface area contributed by atoms with Crippen LogP contribution in [0.25, 0.3) is 22.9 Å². The summed E-state index contributed by atoms with van der Waals surface area (Å²) in [5.41, 5.74) is 4.25. The lowest BCUT2D eigenvalue weighted by Gasteiger charge is -2.05. The molecule has 1 N–H and O–H groups in total. The lowest BCUT2D eigenvalue weighted by atomic mass is 10.1. The number of fused-ring (bicyclic) bond motifs is 3. The molecule has 5 nitrogen and oxygen atoms in total. The highest BCUT2D eigenvalue weighted by Crippen LogP contribution is 2.20. The van der Waals surface area contributed by atoms with Crippen molar-refractivity contribution < 1.29 is 0 Å². The number of nitrogens with zero attached hydrogens (tertiary/aromatic N) is 3. The van der Waals surface area contributed by atoms with E-state index in [0.717, 1.165) is 11.3 Å². The van der Waals surface area contributed by atoms with E-state index in [4.69, 9.17) is 11.6 Å². The summed E-state index contributed by atoms with van der Waals surface area (Å²) in [4.78, 5) is 17.6. The molecule has 4 aromatic rings. The molecule has 2 aromatic carbocycles. The largest absolute Gasteiger partial charge is 0.361 e. The van der Waals surface area contributed by atoms with Crippen LogP contribution in [0.5, 0.6) is 0 Å². The van der Waals surface area contributed by atoms with Crippen LogP contribution >= 0.6 is 11.6 Å².